The molecule has 0 unspecified atom stereocenters. The van der Waals surface area contributed by atoms with E-state index in [2.05, 4.69) is 21.3 Å². The molecule has 0 spiro atoms. The molecule has 3 aromatic rings. The first-order valence-corrected chi connectivity index (χ1v) is 11.5. The molecule has 2 heterocycles. The molecule has 1 fully saturated rings. The summed E-state index contributed by atoms with van der Waals surface area (Å²) < 4.78 is 11.2. The Labute approximate surface area is 192 Å². The highest BCUT2D eigenvalue weighted by molar-refractivity contribution is 7.09. The number of anilines is 1. The van der Waals surface area contributed by atoms with Crippen LogP contribution in [0.5, 0.6) is 5.75 Å². The minimum absolute atomic E-state index is 0.159. The van der Waals surface area contributed by atoms with Gasteiger partial charge in [0.15, 0.2) is 0 Å². The summed E-state index contributed by atoms with van der Waals surface area (Å²) in [5.74, 6) is 0.613. The standard InChI is InChI=1S/C25H27N3O3S/c1-19-26-23(18-32-19)17-31-24-8-5-20(6-9-24)7-10-25(29)27-22-4-2-3-21(15-22)16-28-11-13-30-14-12-28/h2-10,15,18H,11-14,16-17H2,1H3,(H,27,29)/b10-7+. The van der Waals surface area contributed by atoms with Crippen molar-refractivity contribution in [2.24, 2.45) is 0 Å². The molecule has 0 radical (unpaired) electrons. The SMILES string of the molecule is Cc1nc(COc2ccc(/C=C/C(=O)Nc3cccc(CN4CCOCC4)c3)cc2)cs1. The van der Waals surface area contributed by atoms with E-state index in [0.29, 0.717) is 6.61 Å². The average molecular weight is 450 g/mol. The summed E-state index contributed by atoms with van der Waals surface area (Å²) in [6.45, 7) is 6.72. The highest BCUT2D eigenvalue weighted by Crippen LogP contribution is 2.17. The molecule has 0 saturated carbocycles. The molecule has 0 atom stereocenters. The predicted molar refractivity (Wildman–Crippen MR) is 128 cm³/mol. The number of carbonyl (C=O) groups is 1. The quantitative estimate of drug-likeness (QED) is 0.513. The Morgan fingerprint density at radius 2 is 2.03 bits per heavy atom. The van der Waals surface area contributed by atoms with Crippen molar-refractivity contribution in [3.8, 4) is 5.75 Å². The van der Waals surface area contributed by atoms with Gasteiger partial charge in [0.05, 0.1) is 23.9 Å². The van der Waals surface area contributed by atoms with Gasteiger partial charge in [-0.15, -0.1) is 11.3 Å². The molecule has 0 aliphatic carbocycles. The molecule has 1 aromatic heterocycles. The smallest absolute Gasteiger partial charge is 0.248 e. The second-order valence-electron chi connectivity index (χ2n) is 7.63. The second kappa shape index (κ2) is 11.0. The number of benzene rings is 2. The van der Waals surface area contributed by atoms with E-state index in [1.54, 1.807) is 23.5 Å². The van der Waals surface area contributed by atoms with Gasteiger partial charge >= 0.3 is 0 Å². The van der Waals surface area contributed by atoms with Crippen LogP contribution in [0.2, 0.25) is 0 Å². The van der Waals surface area contributed by atoms with Gasteiger partial charge < -0.3 is 14.8 Å². The lowest BCUT2D eigenvalue weighted by Crippen LogP contribution is -2.35. The number of hydrogen-bond donors (Lipinski definition) is 1. The number of aromatic nitrogens is 1. The summed E-state index contributed by atoms with van der Waals surface area (Å²) in [5.41, 5.74) is 3.84. The summed E-state index contributed by atoms with van der Waals surface area (Å²) in [7, 11) is 0. The first-order valence-electron chi connectivity index (χ1n) is 10.7. The van der Waals surface area contributed by atoms with Crippen LogP contribution in [-0.4, -0.2) is 42.1 Å². The largest absolute Gasteiger partial charge is 0.487 e. The molecule has 2 aromatic carbocycles. The van der Waals surface area contributed by atoms with Crippen molar-refractivity contribution >= 4 is 29.0 Å². The number of amides is 1. The molecule has 1 aliphatic rings. The number of morpholine rings is 1. The molecule has 166 valence electrons. The molecule has 32 heavy (non-hydrogen) atoms. The maximum Gasteiger partial charge on any atom is 0.248 e. The van der Waals surface area contributed by atoms with E-state index in [4.69, 9.17) is 9.47 Å². The number of nitrogens with zero attached hydrogens (tertiary/aromatic N) is 2. The average Bonchev–Trinajstić information content (AvgIpc) is 3.23. The highest BCUT2D eigenvalue weighted by Gasteiger charge is 2.11. The molecule has 1 aliphatic heterocycles. The Hall–Kier alpha value is -3.00. The van der Waals surface area contributed by atoms with Crippen LogP contribution in [-0.2, 0) is 22.7 Å². The summed E-state index contributed by atoms with van der Waals surface area (Å²) in [5, 5.41) is 5.98. The van der Waals surface area contributed by atoms with Crippen molar-refractivity contribution in [3.63, 3.8) is 0 Å². The zero-order chi connectivity index (χ0) is 22.2. The van der Waals surface area contributed by atoms with Crippen LogP contribution in [0.1, 0.15) is 21.8 Å². The topological polar surface area (TPSA) is 63.7 Å². The van der Waals surface area contributed by atoms with Crippen molar-refractivity contribution < 1.29 is 14.3 Å². The lowest BCUT2D eigenvalue weighted by atomic mass is 10.1. The molecule has 4 rings (SSSR count). The number of carbonyl (C=O) groups excluding carboxylic acids is 1. The number of thiazole rings is 1. The predicted octanol–water partition coefficient (Wildman–Crippen LogP) is 4.51. The van der Waals surface area contributed by atoms with Gasteiger partial charge in [-0.2, -0.15) is 0 Å². The Bertz CT molecular complexity index is 1060. The minimum atomic E-state index is -0.159. The van der Waals surface area contributed by atoms with Crippen LogP contribution in [0, 0.1) is 6.92 Å². The molecule has 0 bridgehead atoms. The van der Waals surface area contributed by atoms with Crippen molar-refractivity contribution in [3.05, 3.63) is 81.8 Å². The summed E-state index contributed by atoms with van der Waals surface area (Å²) in [4.78, 5) is 19.1. The zero-order valence-corrected chi connectivity index (χ0v) is 18.9. The van der Waals surface area contributed by atoms with Gasteiger partial charge in [-0.25, -0.2) is 4.98 Å². The lowest BCUT2D eigenvalue weighted by Gasteiger charge is -2.26. The van der Waals surface area contributed by atoms with Crippen LogP contribution in [0.15, 0.2) is 60.0 Å². The van der Waals surface area contributed by atoms with Gasteiger partial charge in [-0.1, -0.05) is 24.3 Å². The number of aryl methyl sites for hydroxylation is 1. The maximum absolute atomic E-state index is 12.4. The fraction of sp³-hybridized carbons (Fsp3) is 0.280. The molecule has 1 N–H and O–H groups in total. The fourth-order valence-corrected chi connectivity index (χ4v) is 4.03. The Morgan fingerprint density at radius 3 is 2.78 bits per heavy atom. The van der Waals surface area contributed by atoms with Crippen LogP contribution < -0.4 is 10.1 Å². The zero-order valence-electron chi connectivity index (χ0n) is 18.1. The third-order valence-electron chi connectivity index (χ3n) is 5.06. The maximum atomic E-state index is 12.4. The Balaban J connectivity index is 1.27. The normalized spacial score (nSPS) is 14.5. The van der Waals surface area contributed by atoms with Gasteiger partial charge in [-0.05, 0) is 48.4 Å². The molecule has 7 heteroatoms. The van der Waals surface area contributed by atoms with E-state index in [-0.39, 0.29) is 5.91 Å². The first kappa shape index (κ1) is 22.2. The van der Waals surface area contributed by atoms with Crippen molar-refractivity contribution in [2.75, 3.05) is 31.6 Å². The molecule has 1 saturated heterocycles. The highest BCUT2D eigenvalue weighted by atomic mass is 32.1. The van der Waals surface area contributed by atoms with Gasteiger partial charge in [0.1, 0.15) is 12.4 Å². The third kappa shape index (κ3) is 6.75. The second-order valence-corrected chi connectivity index (χ2v) is 8.69. The van der Waals surface area contributed by atoms with Gasteiger partial charge in [0.2, 0.25) is 5.91 Å². The van der Waals surface area contributed by atoms with E-state index < -0.39 is 0 Å². The van der Waals surface area contributed by atoms with Crippen molar-refractivity contribution in [2.45, 2.75) is 20.1 Å². The Morgan fingerprint density at radius 1 is 1.22 bits per heavy atom. The van der Waals surface area contributed by atoms with Crippen LogP contribution in [0.3, 0.4) is 0 Å². The van der Waals surface area contributed by atoms with Crippen LogP contribution in [0.25, 0.3) is 6.08 Å². The number of rotatable bonds is 8. The van der Waals surface area contributed by atoms with Gasteiger partial charge in [0.25, 0.3) is 0 Å². The van der Waals surface area contributed by atoms with E-state index in [9.17, 15) is 4.79 Å². The van der Waals surface area contributed by atoms with Crippen molar-refractivity contribution in [1.29, 1.82) is 0 Å². The lowest BCUT2D eigenvalue weighted by molar-refractivity contribution is -0.111. The summed E-state index contributed by atoms with van der Waals surface area (Å²) in [6, 6.07) is 15.6. The van der Waals surface area contributed by atoms with Gasteiger partial charge in [-0.3, -0.25) is 9.69 Å². The summed E-state index contributed by atoms with van der Waals surface area (Å²) in [6.07, 6.45) is 3.34. The summed E-state index contributed by atoms with van der Waals surface area (Å²) >= 11 is 1.62. The number of nitrogens with one attached hydrogen (secondary N) is 1. The first-order chi connectivity index (χ1) is 15.6. The molecule has 6 nitrogen and oxygen atoms in total. The number of hydrogen-bond acceptors (Lipinski definition) is 6. The van der Waals surface area contributed by atoms with E-state index >= 15 is 0 Å². The Kier molecular flexibility index (Phi) is 7.66. The van der Waals surface area contributed by atoms with Crippen LogP contribution in [0.4, 0.5) is 5.69 Å². The van der Waals surface area contributed by atoms with Crippen molar-refractivity contribution in [1.82, 2.24) is 9.88 Å². The fourth-order valence-electron chi connectivity index (χ4n) is 3.43. The molecule has 1 amide bonds. The van der Waals surface area contributed by atoms with Crippen LogP contribution >= 0.6 is 11.3 Å². The van der Waals surface area contributed by atoms with E-state index in [1.165, 1.54) is 5.56 Å². The van der Waals surface area contributed by atoms with E-state index in [1.807, 2.05) is 54.8 Å². The number of ether oxygens (including phenoxy) is 2. The third-order valence-corrected chi connectivity index (χ3v) is 5.89. The van der Waals surface area contributed by atoms with E-state index in [0.717, 1.165) is 60.5 Å². The minimum Gasteiger partial charge on any atom is -0.487 e. The monoisotopic (exact) mass is 449 g/mol. The van der Waals surface area contributed by atoms with Gasteiger partial charge in [0, 0.05) is 36.8 Å². The molecular weight excluding hydrogens is 422 g/mol. The molecular formula is C25H27N3O3S.